The molecule has 162 valence electrons. The van der Waals surface area contributed by atoms with Gasteiger partial charge in [-0.05, 0) is 57.8 Å². The summed E-state index contributed by atoms with van der Waals surface area (Å²) in [7, 11) is 0. The van der Waals surface area contributed by atoms with Gasteiger partial charge in [0.15, 0.2) is 0 Å². The van der Waals surface area contributed by atoms with Gasteiger partial charge in [0.05, 0.1) is 17.9 Å². The molecule has 2 fully saturated rings. The quantitative estimate of drug-likeness (QED) is 0.791. The zero-order valence-corrected chi connectivity index (χ0v) is 18.5. The summed E-state index contributed by atoms with van der Waals surface area (Å²) >= 11 is 1.50. The topological polar surface area (TPSA) is 61.9 Å². The van der Waals surface area contributed by atoms with Crippen molar-refractivity contribution >= 4 is 29.3 Å². The van der Waals surface area contributed by atoms with E-state index in [1.807, 2.05) is 24.0 Å². The number of rotatable bonds is 4. The van der Waals surface area contributed by atoms with Gasteiger partial charge in [-0.2, -0.15) is 0 Å². The summed E-state index contributed by atoms with van der Waals surface area (Å²) in [6.07, 6.45) is 5.99. The van der Waals surface area contributed by atoms with Gasteiger partial charge in [0.25, 0.3) is 11.8 Å². The van der Waals surface area contributed by atoms with E-state index in [9.17, 15) is 9.59 Å². The third kappa shape index (κ3) is 4.83. The average molecular weight is 430 g/mol. The van der Waals surface area contributed by atoms with E-state index in [0.29, 0.717) is 34.6 Å². The number of carbonyl (C=O) groups is 2. The van der Waals surface area contributed by atoms with Gasteiger partial charge in [0, 0.05) is 24.9 Å². The van der Waals surface area contributed by atoms with Crippen LogP contribution in [0.3, 0.4) is 0 Å². The van der Waals surface area contributed by atoms with E-state index in [0.717, 1.165) is 31.7 Å². The first-order chi connectivity index (χ1) is 14.6. The smallest absolute Gasteiger partial charge is 0.265 e. The first-order valence-electron chi connectivity index (χ1n) is 11.0. The highest BCUT2D eigenvalue weighted by Crippen LogP contribution is 2.28. The molecule has 1 aromatic carbocycles. The number of piperidine rings is 2. The number of para-hydroxylation sites is 1. The number of thioether (sulfide) groups is 1. The SMILES string of the molecule is CC1=C(C(=O)Nc2ccccc2C(=O)N2CCC(N3CCCCC3)CC2)SCCO1. The second kappa shape index (κ2) is 9.88. The fourth-order valence-electron chi connectivity index (χ4n) is 4.58. The molecule has 30 heavy (non-hydrogen) atoms. The molecule has 6 nitrogen and oxygen atoms in total. The monoisotopic (exact) mass is 429 g/mol. The standard InChI is InChI=1S/C23H31N3O3S/c1-17-21(30-16-15-29-17)22(27)24-20-8-4-3-7-19(20)23(28)26-13-9-18(10-14-26)25-11-5-2-6-12-25/h3-4,7-8,18H,2,5-6,9-16H2,1H3,(H,24,27). The zero-order chi connectivity index (χ0) is 20.9. The molecule has 2 amide bonds. The molecule has 1 aromatic rings. The second-order valence-electron chi connectivity index (χ2n) is 8.20. The molecule has 0 radical (unpaired) electrons. The lowest BCUT2D eigenvalue weighted by Gasteiger charge is -2.40. The fourth-order valence-corrected chi connectivity index (χ4v) is 5.39. The van der Waals surface area contributed by atoms with Gasteiger partial charge in [-0.15, -0.1) is 11.8 Å². The van der Waals surface area contributed by atoms with Gasteiger partial charge in [0.1, 0.15) is 10.7 Å². The van der Waals surface area contributed by atoms with E-state index in [1.165, 1.54) is 44.1 Å². The molecule has 0 bridgehead atoms. The van der Waals surface area contributed by atoms with Crippen LogP contribution in [-0.4, -0.2) is 66.2 Å². The Morgan fingerprint density at radius 2 is 1.80 bits per heavy atom. The van der Waals surface area contributed by atoms with Crippen molar-refractivity contribution in [3.63, 3.8) is 0 Å². The summed E-state index contributed by atoms with van der Waals surface area (Å²) in [6, 6.07) is 7.91. The first-order valence-corrected chi connectivity index (χ1v) is 12.0. The maximum absolute atomic E-state index is 13.2. The Morgan fingerprint density at radius 3 is 2.53 bits per heavy atom. The lowest BCUT2D eigenvalue weighted by molar-refractivity contribution is -0.112. The number of allylic oxidation sites excluding steroid dienone is 1. The Hall–Kier alpha value is -1.99. The summed E-state index contributed by atoms with van der Waals surface area (Å²) in [5, 5.41) is 2.94. The van der Waals surface area contributed by atoms with E-state index in [2.05, 4.69) is 10.2 Å². The number of hydrogen-bond donors (Lipinski definition) is 1. The molecule has 0 atom stereocenters. The number of nitrogens with one attached hydrogen (secondary N) is 1. The molecular formula is C23H31N3O3S. The number of nitrogens with zero attached hydrogens (tertiary/aromatic N) is 2. The van der Waals surface area contributed by atoms with Gasteiger partial charge in [-0.25, -0.2) is 0 Å². The Labute approximate surface area is 183 Å². The van der Waals surface area contributed by atoms with Crippen LogP contribution in [0, 0.1) is 0 Å². The normalized spacial score (nSPS) is 21.3. The van der Waals surface area contributed by atoms with E-state index >= 15 is 0 Å². The van der Waals surface area contributed by atoms with E-state index < -0.39 is 0 Å². The molecule has 3 heterocycles. The molecule has 0 unspecified atom stereocenters. The highest BCUT2D eigenvalue weighted by molar-refractivity contribution is 8.04. The Morgan fingerprint density at radius 1 is 1.07 bits per heavy atom. The number of anilines is 1. The largest absolute Gasteiger partial charge is 0.496 e. The first kappa shape index (κ1) is 21.2. The Balaban J connectivity index is 1.41. The highest BCUT2D eigenvalue weighted by atomic mass is 32.2. The van der Waals surface area contributed by atoms with Crippen molar-refractivity contribution < 1.29 is 14.3 Å². The second-order valence-corrected chi connectivity index (χ2v) is 9.31. The number of ether oxygens (including phenoxy) is 1. The van der Waals surface area contributed by atoms with Crippen molar-refractivity contribution in [3.05, 3.63) is 40.5 Å². The Kier molecular flexibility index (Phi) is 7.00. The minimum Gasteiger partial charge on any atom is -0.496 e. The van der Waals surface area contributed by atoms with Gasteiger partial charge in [-0.3, -0.25) is 9.59 Å². The minimum atomic E-state index is -0.207. The molecule has 3 aliphatic heterocycles. The van der Waals surface area contributed by atoms with Crippen LogP contribution in [0.5, 0.6) is 0 Å². The van der Waals surface area contributed by atoms with Crippen LogP contribution in [0.15, 0.2) is 34.9 Å². The van der Waals surface area contributed by atoms with Crippen LogP contribution in [-0.2, 0) is 9.53 Å². The molecule has 3 aliphatic rings. The van der Waals surface area contributed by atoms with E-state index in [4.69, 9.17) is 4.74 Å². The lowest BCUT2D eigenvalue weighted by atomic mass is 9.99. The summed E-state index contributed by atoms with van der Waals surface area (Å²) < 4.78 is 5.50. The van der Waals surface area contributed by atoms with Gasteiger partial charge >= 0.3 is 0 Å². The summed E-state index contributed by atoms with van der Waals surface area (Å²) in [5.41, 5.74) is 1.12. The maximum atomic E-state index is 13.2. The molecule has 0 aliphatic carbocycles. The van der Waals surface area contributed by atoms with Crippen LogP contribution >= 0.6 is 11.8 Å². The van der Waals surface area contributed by atoms with Crippen molar-refractivity contribution in [1.82, 2.24) is 9.80 Å². The van der Waals surface area contributed by atoms with E-state index in [-0.39, 0.29) is 11.8 Å². The molecule has 4 rings (SSSR count). The number of hydrogen-bond acceptors (Lipinski definition) is 5. The van der Waals surface area contributed by atoms with Crippen LogP contribution in [0.4, 0.5) is 5.69 Å². The number of likely N-dealkylation sites (tertiary alicyclic amines) is 2. The molecule has 0 aromatic heterocycles. The Bertz CT molecular complexity index is 812. The maximum Gasteiger partial charge on any atom is 0.265 e. The minimum absolute atomic E-state index is 0.00115. The van der Waals surface area contributed by atoms with Gasteiger partial charge in [-0.1, -0.05) is 18.6 Å². The van der Waals surface area contributed by atoms with Crippen molar-refractivity contribution in [2.45, 2.75) is 45.1 Å². The number of amides is 2. The van der Waals surface area contributed by atoms with E-state index in [1.54, 1.807) is 12.1 Å². The summed E-state index contributed by atoms with van der Waals surface area (Å²) in [6.45, 7) is 6.38. The van der Waals surface area contributed by atoms with Crippen LogP contribution in [0.25, 0.3) is 0 Å². The van der Waals surface area contributed by atoms with Crippen molar-refractivity contribution in [3.8, 4) is 0 Å². The van der Waals surface area contributed by atoms with Crippen molar-refractivity contribution in [1.29, 1.82) is 0 Å². The van der Waals surface area contributed by atoms with Gasteiger partial charge in [0.2, 0.25) is 0 Å². The molecule has 0 spiro atoms. The predicted molar refractivity (Wildman–Crippen MR) is 121 cm³/mol. The van der Waals surface area contributed by atoms with Crippen molar-refractivity contribution in [2.75, 3.05) is 43.9 Å². The molecule has 1 N–H and O–H groups in total. The number of benzene rings is 1. The lowest BCUT2D eigenvalue weighted by Crippen LogP contribution is -2.48. The average Bonchev–Trinajstić information content (AvgIpc) is 2.80. The molecule has 2 saturated heterocycles. The number of carbonyl (C=O) groups excluding carboxylic acids is 2. The van der Waals surface area contributed by atoms with Crippen LogP contribution in [0.1, 0.15) is 49.4 Å². The molecule has 7 heteroatoms. The van der Waals surface area contributed by atoms with Crippen molar-refractivity contribution in [2.24, 2.45) is 0 Å². The predicted octanol–water partition coefficient (Wildman–Crippen LogP) is 3.71. The third-order valence-corrected chi connectivity index (χ3v) is 7.37. The fraction of sp³-hybridized carbons (Fsp3) is 0.565. The van der Waals surface area contributed by atoms with Crippen LogP contribution < -0.4 is 5.32 Å². The summed E-state index contributed by atoms with van der Waals surface area (Å²) in [4.78, 5) is 31.1. The highest BCUT2D eigenvalue weighted by Gasteiger charge is 2.29. The molecule has 0 saturated carbocycles. The van der Waals surface area contributed by atoms with Crippen LogP contribution in [0.2, 0.25) is 0 Å². The zero-order valence-electron chi connectivity index (χ0n) is 17.7. The summed E-state index contributed by atoms with van der Waals surface area (Å²) in [5.74, 6) is 1.20. The van der Waals surface area contributed by atoms with Gasteiger partial charge < -0.3 is 19.9 Å². The molecular weight excluding hydrogens is 398 g/mol. The third-order valence-electron chi connectivity index (χ3n) is 6.24.